The number of esters is 3. The third-order valence-corrected chi connectivity index (χ3v) is 5.31. The van der Waals surface area contributed by atoms with E-state index in [0.29, 0.717) is 3.57 Å². The van der Waals surface area contributed by atoms with Crippen LogP contribution in [0.3, 0.4) is 0 Å². The van der Waals surface area contributed by atoms with Crippen LogP contribution in [0.15, 0.2) is 23.1 Å². The molecular weight excluding hydrogens is 586 g/mol. The number of hydrogen-bond acceptors (Lipinski definition) is 8. The summed E-state index contributed by atoms with van der Waals surface area (Å²) < 4.78 is 32.7. The highest BCUT2D eigenvalue weighted by Gasteiger charge is 2.36. The molecule has 0 aliphatic rings. The molecular formula is C25H32FIN2O7. The molecule has 0 amide bonds. The predicted molar refractivity (Wildman–Crippen MR) is 141 cm³/mol. The van der Waals surface area contributed by atoms with Crippen molar-refractivity contribution in [2.24, 2.45) is 5.92 Å². The van der Waals surface area contributed by atoms with E-state index in [9.17, 15) is 19.2 Å². The highest BCUT2D eigenvalue weighted by Crippen LogP contribution is 2.22. The highest BCUT2D eigenvalue weighted by molar-refractivity contribution is 14.1. The van der Waals surface area contributed by atoms with Crippen LogP contribution >= 0.6 is 22.6 Å². The summed E-state index contributed by atoms with van der Waals surface area (Å²) in [6, 6.07) is 2.68. The van der Waals surface area contributed by atoms with Crippen LogP contribution in [0, 0.1) is 15.3 Å². The molecule has 1 heterocycles. The Morgan fingerprint density at radius 2 is 1.58 bits per heavy atom. The van der Waals surface area contributed by atoms with E-state index in [1.54, 1.807) is 48.5 Å². The number of nitrogens with zero attached hydrogens (tertiary/aromatic N) is 2. The quantitative estimate of drug-likeness (QED) is 0.200. The SMILES string of the molecule is CCOC(=O)c1cn(N(C)CC(C(=O)OC(C)(C)C)C(=O)OC(C)(C)C)c2c(F)cc(I)cc2c1=O. The molecule has 11 heteroatoms. The van der Waals surface area contributed by atoms with Gasteiger partial charge in [0.05, 0.1) is 18.5 Å². The molecule has 0 saturated carbocycles. The van der Waals surface area contributed by atoms with Gasteiger partial charge in [0.25, 0.3) is 0 Å². The summed E-state index contributed by atoms with van der Waals surface area (Å²) in [7, 11) is 1.48. The number of hydrogen-bond donors (Lipinski definition) is 0. The van der Waals surface area contributed by atoms with E-state index in [4.69, 9.17) is 14.2 Å². The summed E-state index contributed by atoms with van der Waals surface area (Å²) in [5, 5.41) is 1.29. The Morgan fingerprint density at radius 3 is 2.06 bits per heavy atom. The summed E-state index contributed by atoms with van der Waals surface area (Å²) in [6.45, 7) is 11.3. The lowest BCUT2D eigenvalue weighted by molar-refractivity contribution is -0.174. The van der Waals surface area contributed by atoms with Gasteiger partial charge in [-0.1, -0.05) is 0 Å². The van der Waals surface area contributed by atoms with Gasteiger partial charge in [0.1, 0.15) is 22.3 Å². The average Bonchev–Trinajstić information content (AvgIpc) is 2.69. The number of aromatic nitrogens is 1. The van der Waals surface area contributed by atoms with Gasteiger partial charge in [0, 0.05) is 16.8 Å². The fraction of sp³-hybridized carbons (Fsp3) is 0.520. The van der Waals surface area contributed by atoms with Crippen molar-refractivity contribution in [3.8, 4) is 0 Å². The van der Waals surface area contributed by atoms with E-state index >= 15 is 4.39 Å². The van der Waals surface area contributed by atoms with Crippen LogP contribution < -0.4 is 10.4 Å². The molecule has 0 bridgehead atoms. The first-order chi connectivity index (χ1) is 16.4. The Hall–Kier alpha value is -2.70. The lowest BCUT2D eigenvalue weighted by atomic mass is 10.1. The molecule has 198 valence electrons. The second-order valence-electron chi connectivity index (χ2n) is 10.2. The Kier molecular flexibility index (Phi) is 9.14. The third-order valence-electron chi connectivity index (χ3n) is 4.69. The molecule has 1 aromatic heterocycles. The topological polar surface area (TPSA) is 104 Å². The minimum Gasteiger partial charge on any atom is -0.462 e. The zero-order valence-corrected chi connectivity index (χ0v) is 23.9. The van der Waals surface area contributed by atoms with E-state index in [2.05, 4.69) is 0 Å². The first-order valence-electron chi connectivity index (χ1n) is 11.3. The third kappa shape index (κ3) is 7.40. The minimum atomic E-state index is -1.40. The summed E-state index contributed by atoms with van der Waals surface area (Å²) in [5.41, 5.74) is -2.88. The first-order valence-corrected chi connectivity index (χ1v) is 12.4. The maximum atomic E-state index is 15.1. The molecule has 0 spiro atoms. The second-order valence-corrected chi connectivity index (χ2v) is 11.4. The predicted octanol–water partition coefficient (Wildman–Crippen LogP) is 3.79. The molecule has 0 aliphatic carbocycles. The molecule has 2 rings (SSSR count). The van der Waals surface area contributed by atoms with Crippen molar-refractivity contribution >= 4 is 51.4 Å². The van der Waals surface area contributed by atoms with Crippen molar-refractivity contribution < 1.29 is 33.0 Å². The lowest BCUT2D eigenvalue weighted by Crippen LogP contribution is -2.46. The molecule has 0 saturated heterocycles. The fourth-order valence-corrected chi connectivity index (χ4v) is 3.91. The Bertz CT molecular complexity index is 1200. The van der Waals surface area contributed by atoms with Crippen LogP contribution in [0.2, 0.25) is 0 Å². The molecule has 0 radical (unpaired) electrons. The first kappa shape index (κ1) is 29.5. The van der Waals surface area contributed by atoms with Gasteiger partial charge in [-0.2, -0.15) is 0 Å². The maximum Gasteiger partial charge on any atom is 0.343 e. The van der Waals surface area contributed by atoms with Crippen LogP contribution in [-0.4, -0.2) is 54.0 Å². The number of ether oxygens (including phenoxy) is 3. The highest BCUT2D eigenvalue weighted by atomic mass is 127. The van der Waals surface area contributed by atoms with Gasteiger partial charge in [-0.05, 0) is 83.2 Å². The number of carbonyl (C=O) groups excluding carboxylic acids is 3. The molecule has 0 unspecified atom stereocenters. The number of fused-ring (bicyclic) bond motifs is 1. The minimum absolute atomic E-state index is 0.0339. The Labute approximate surface area is 223 Å². The van der Waals surface area contributed by atoms with Crippen molar-refractivity contribution in [1.82, 2.24) is 4.68 Å². The molecule has 0 N–H and O–H groups in total. The maximum absolute atomic E-state index is 15.1. The zero-order chi connectivity index (χ0) is 27.6. The number of benzene rings is 1. The molecule has 1 aromatic carbocycles. The standard InChI is InChI=1S/C25H32FIN2O7/c1-9-34-21(31)16-13-29(19-15(20(16)30)10-14(27)11-18(19)26)28(8)12-17(22(32)35-24(2,3)4)23(33)36-25(5,6)7/h10-11,13,17H,9,12H2,1-8H3. The van der Waals surface area contributed by atoms with Crippen molar-refractivity contribution in [3.63, 3.8) is 0 Å². The normalized spacial score (nSPS) is 12.0. The molecule has 9 nitrogen and oxygen atoms in total. The van der Waals surface area contributed by atoms with Gasteiger partial charge in [-0.3, -0.25) is 19.1 Å². The number of rotatable bonds is 7. The summed E-state index contributed by atoms with van der Waals surface area (Å²) >= 11 is 1.87. The van der Waals surface area contributed by atoms with Gasteiger partial charge in [-0.15, -0.1) is 0 Å². The lowest BCUT2D eigenvalue weighted by Gasteiger charge is -2.31. The van der Waals surface area contributed by atoms with Crippen LogP contribution in [-0.2, 0) is 23.8 Å². The number of halogens is 2. The van der Waals surface area contributed by atoms with Crippen LogP contribution in [0.25, 0.3) is 10.9 Å². The largest absolute Gasteiger partial charge is 0.462 e. The van der Waals surface area contributed by atoms with Crippen molar-refractivity contribution in [2.45, 2.75) is 59.7 Å². The smallest absolute Gasteiger partial charge is 0.343 e. The summed E-state index contributed by atoms with van der Waals surface area (Å²) in [6.07, 6.45) is 1.14. The van der Waals surface area contributed by atoms with Gasteiger partial charge >= 0.3 is 17.9 Å². The van der Waals surface area contributed by atoms with E-state index in [-0.39, 0.29) is 29.6 Å². The number of pyridine rings is 1. The Balaban J connectivity index is 2.66. The van der Waals surface area contributed by atoms with Crippen LogP contribution in [0.5, 0.6) is 0 Å². The molecule has 0 fully saturated rings. The molecule has 36 heavy (non-hydrogen) atoms. The van der Waals surface area contributed by atoms with Gasteiger partial charge in [0.2, 0.25) is 5.43 Å². The molecule has 2 aromatic rings. The summed E-state index contributed by atoms with van der Waals surface area (Å²) in [4.78, 5) is 51.5. The number of carbonyl (C=O) groups is 3. The van der Waals surface area contributed by atoms with Crippen LogP contribution in [0.4, 0.5) is 4.39 Å². The fourth-order valence-electron chi connectivity index (χ4n) is 3.33. The van der Waals surface area contributed by atoms with Crippen molar-refractivity contribution in [3.05, 3.63) is 43.5 Å². The van der Waals surface area contributed by atoms with E-state index < -0.39 is 46.3 Å². The van der Waals surface area contributed by atoms with E-state index in [1.165, 1.54) is 28.9 Å². The molecule has 0 atom stereocenters. The molecule has 0 aliphatic heterocycles. The van der Waals surface area contributed by atoms with Crippen LogP contribution in [0.1, 0.15) is 58.8 Å². The van der Waals surface area contributed by atoms with E-state index in [0.717, 1.165) is 6.20 Å². The zero-order valence-electron chi connectivity index (χ0n) is 21.7. The van der Waals surface area contributed by atoms with E-state index in [1.807, 2.05) is 22.6 Å². The van der Waals surface area contributed by atoms with Crippen molar-refractivity contribution in [1.29, 1.82) is 0 Å². The Morgan fingerprint density at radius 1 is 1.06 bits per heavy atom. The van der Waals surface area contributed by atoms with Gasteiger partial charge < -0.3 is 19.2 Å². The summed E-state index contributed by atoms with van der Waals surface area (Å²) in [5.74, 6) is -4.64. The average molecular weight is 618 g/mol. The van der Waals surface area contributed by atoms with Crippen molar-refractivity contribution in [2.75, 3.05) is 25.2 Å². The monoisotopic (exact) mass is 618 g/mol. The second kappa shape index (κ2) is 11.1. The van der Waals surface area contributed by atoms with Gasteiger partial charge in [0.15, 0.2) is 11.7 Å². The van der Waals surface area contributed by atoms with Gasteiger partial charge in [-0.25, -0.2) is 9.18 Å².